The van der Waals surface area contributed by atoms with Crippen LogP contribution in [0.25, 0.3) is 0 Å². The Morgan fingerprint density at radius 3 is 2.44 bits per heavy atom. The molecule has 2 nitrogen and oxygen atoms in total. The molecular formula is C16H18N2. The van der Waals surface area contributed by atoms with E-state index >= 15 is 0 Å². The zero-order chi connectivity index (χ0) is 12.2. The van der Waals surface area contributed by atoms with E-state index in [9.17, 15) is 0 Å². The van der Waals surface area contributed by atoms with Gasteiger partial charge in [-0.05, 0) is 48.1 Å². The van der Waals surface area contributed by atoms with Crippen molar-refractivity contribution in [3.05, 3.63) is 65.5 Å². The molecule has 0 amide bonds. The summed E-state index contributed by atoms with van der Waals surface area (Å²) < 4.78 is 0. The summed E-state index contributed by atoms with van der Waals surface area (Å²) in [6.45, 7) is 0.992. The van der Waals surface area contributed by atoms with Gasteiger partial charge in [0.2, 0.25) is 0 Å². The molecule has 0 radical (unpaired) electrons. The molecular weight excluding hydrogens is 220 g/mol. The second-order valence-corrected chi connectivity index (χ2v) is 4.96. The van der Waals surface area contributed by atoms with Crippen LogP contribution in [0.3, 0.4) is 0 Å². The average molecular weight is 238 g/mol. The monoisotopic (exact) mass is 238 g/mol. The lowest BCUT2D eigenvalue weighted by Gasteiger charge is -2.10. The summed E-state index contributed by atoms with van der Waals surface area (Å²) in [5.41, 5.74) is 4.15. The Labute approximate surface area is 108 Å². The molecule has 1 aromatic heterocycles. The van der Waals surface area contributed by atoms with Crippen molar-refractivity contribution in [1.82, 2.24) is 10.3 Å². The van der Waals surface area contributed by atoms with Crippen molar-refractivity contribution in [3.63, 3.8) is 0 Å². The first-order valence-corrected chi connectivity index (χ1v) is 6.61. The van der Waals surface area contributed by atoms with Crippen molar-refractivity contribution in [2.45, 2.75) is 31.8 Å². The average Bonchev–Trinajstić information content (AvgIpc) is 3.23. The van der Waals surface area contributed by atoms with Crippen molar-refractivity contribution in [3.8, 4) is 0 Å². The van der Waals surface area contributed by atoms with E-state index < -0.39 is 0 Å². The summed E-state index contributed by atoms with van der Waals surface area (Å²) in [6, 6.07) is 13.6. The highest BCUT2D eigenvalue weighted by Gasteiger charge is 2.20. The van der Waals surface area contributed by atoms with E-state index in [1.165, 1.54) is 29.5 Å². The third-order valence-electron chi connectivity index (χ3n) is 3.42. The normalized spacial score (nSPS) is 14.7. The summed E-state index contributed by atoms with van der Waals surface area (Å²) in [5, 5.41) is 3.59. The van der Waals surface area contributed by atoms with Gasteiger partial charge in [0.05, 0.1) is 0 Å². The molecule has 1 saturated carbocycles. The second-order valence-electron chi connectivity index (χ2n) is 4.96. The van der Waals surface area contributed by atoms with Gasteiger partial charge in [-0.25, -0.2) is 0 Å². The number of pyridine rings is 1. The molecule has 2 aromatic rings. The van der Waals surface area contributed by atoms with E-state index in [1.807, 2.05) is 12.4 Å². The van der Waals surface area contributed by atoms with Gasteiger partial charge >= 0.3 is 0 Å². The largest absolute Gasteiger partial charge is 0.310 e. The van der Waals surface area contributed by atoms with Crippen molar-refractivity contribution < 1.29 is 0 Å². The zero-order valence-electron chi connectivity index (χ0n) is 10.5. The first-order valence-electron chi connectivity index (χ1n) is 6.61. The molecule has 0 atom stereocenters. The fourth-order valence-corrected chi connectivity index (χ4v) is 2.16. The number of hydrogen-bond acceptors (Lipinski definition) is 2. The van der Waals surface area contributed by atoms with Gasteiger partial charge in [-0.3, -0.25) is 4.98 Å². The summed E-state index contributed by atoms with van der Waals surface area (Å²) >= 11 is 0. The van der Waals surface area contributed by atoms with Crippen molar-refractivity contribution in [2.75, 3.05) is 0 Å². The minimum atomic E-state index is 0.763. The van der Waals surface area contributed by atoms with E-state index in [4.69, 9.17) is 0 Å². The van der Waals surface area contributed by atoms with E-state index in [1.54, 1.807) is 0 Å². The van der Waals surface area contributed by atoms with Gasteiger partial charge in [0.25, 0.3) is 0 Å². The van der Waals surface area contributed by atoms with Crippen LogP contribution >= 0.6 is 0 Å². The zero-order valence-corrected chi connectivity index (χ0v) is 10.5. The van der Waals surface area contributed by atoms with Crippen molar-refractivity contribution in [1.29, 1.82) is 0 Å². The van der Waals surface area contributed by atoms with Gasteiger partial charge in [-0.15, -0.1) is 0 Å². The maximum atomic E-state index is 4.06. The predicted molar refractivity (Wildman–Crippen MR) is 73.3 cm³/mol. The molecule has 1 aliphatic rings. The Hall–Kier alpha value is -1.67. The minimum Gasteiger partial charge on any atom is -0.310 e. The number of nitrogens with zero attached hydrogens (tertiary/aromatic N) is 1. The van der Waals surface area contributed by atoms with Crippen LogP contribution in [-0.4, -0.2) is 11.0 Å². The van der Waals surface area contributed by atoms with E-state index in [0.717, 1.165) is 19.0 Å². The lowest BCUT2D eigenvalue weighted by molar-refractivity contribution is 0.683. The van der Waals surface area contributed by atoms with E-state index in [-0.39, 0.29) is 0 Å². The summed E-state index contributed by atoms with van der Waals surface area (Å²) in [5.74, 6) is 0. The third-order valence-corrected chi connectivity index (χ3v) is 3.42. The maximum Gasteiger partial charge on any atom is 0.0270 e. The Morgan fingerprint density at radius 2 is 1.72 bits per heavy atom. The SMILES string of the molecule is c1ccc(Cc2ccncc2)c(CNC2CC2)c1. The molecule has 1 aliphatic carbocycles. The lowest BCUT2D eigenvalue weighted by atomic mass is 10.0. The summed E-state index contributed by atoms with van der Waals surface area (Å²) in [6.07, 6.45) is 7.39. The van der Waals surface area contributed by atoms with Crippen molar-refractivity contribution >= 4 is 0 Å². The molecule has 3 rings (SSSR count). The Balaban J connectivity index is 1.73. The highest BCUT2D eigenvalue weighted by atomic mass is 14.9. The molecule has 0 bridgehead atoms. The Kier molecular flexibility index (Phi) is 3.37. The molecule has 0 aliphatic heterocycles. The highest BCUT2D eigenvalue weighted by molar-refractivity contribution is 5.32. The number of rotatable bonds is 5. The van der Waals surface area contributed by atoms with Crippen LogP contribution in [0.15, 0.2) is 48.8 Å². The fourth-order valence-electron chi connectivity index (χ4n) is 2.16. The molecule has 0 unspecified atom stereocenters. The van der Waals surface area contributed by atoms with Gasteiger partial charge in [-0.1, -0.05) is 24.3 Å². The quantitative estimate of drug-likeness (QED) is 0.866. The Morgan fingerprint density at radius 1 is 1.00 bits per heavy atom. The number of hydrogen-bond donors (Lipinski definition) is 1. The third kappa shape index (κ3) is 2.96. The molecule has 1 aromatic carbocycles. The van der Waals surface area contributed by atoms with Crippen LogP contribution in [-0.2, 0) is 13.0 Å². The molecule has 0 spiro atoms. The molecule has 1 N–H and O–H groups in total. The van der Waals surface area contributed by atoms with Gasteiger partial charge in [0, 0.05) is 25.0 Å². The molecule has 1 fully saturated rings. The fraction of sp³-hybridized carbons (Fsp3) is 0.312. The highest BCUT2D eigenvalue weighted by Crippen LogP contribution is 2.20. The molecule has 92 valence electrons. The van der Waals surface area contributed by atoms with Crippen LogP contribution in [0, 0.1) is 0 Å². The predicted octanol–water partition coefficient (Wildman–Crippen LogP) is 2.92. The van der Waals surface area contributed by atoms with Gasteiger partial charge in [-0.2, -0.15) is 0 Å². The lowest BCUT2D eigenvalue weighted by Crippen LogP contribution is -2.16. The van der Waals surface area contributed by atoms with Crippen molar-refractivity contribution in [2.24, 2.45) is 0 Å². The standard InChI is InChI=1S/C16H18N2/c1-2-4-15(12-18-16-5-6-16)14(3-1)11-13-7-9-17-10-8-13/h1-4,7-10,16,18H,5-6,11-12H2. The first-order chi connectivity index (χ1) is 8.92. The summed E-state index contributed by atoms with van der Waals surface area (Å²) in [7, 11) is 0. The summed E-state index contributed by atoms with van der Waals surface area (Å²) in [4.78, 5) is 4.06. The van der Waals surface area contributed by atoms with Crippen LogP contribution in [0.2, 0.25) is 0 Å². The number of aromatic nitrogens is 1. The van der Waals surface area contributed by atoms with E-state index in [2.05, 4.69) is 46.7 Å². The van der Waals surface area contributed by atoms with Gasteiger partial charge in [0.15, 0.2) is 0 Å². The molecule has 2 heteroatoms. The van der Waals surface area contributed by atoms with Crippen LogP contribution < -0.4 is 5.32 Å². The number of nitrogens with one attached hydrogen (secondary N) is 1. The second kappa shape index (κ2) is 5.32. The number of benzene rings is 1. The van der Waals surface area contributed by atoms with Gasteiger partial charge in [0.1, 0.15) is 0 Å². The maximum absolute atomic E-state index is 4.06. The van der Waals surface area contributed by atoms with E-state index in [0.29, 0.717) is 0 Å². The van der Waals surface area contributed by atoms with Gasteiger partial charge < -0.3 is 5.32 Å². The van der Waals surface area contributed by atoms with Crippen LogP contribution in [0.4, 0.5) is 0 Å². The smallest absolute Gasteiger partial charge is 0.0270 e. The topological polar surface area (TPSA) is 24.9 Å². The Bertz CT molecular complexity index is 504. The molecule has 18 heavy (non-hydrogen) atoms. The first kappa shape index (κ1) is 11.4. The molecule has 1 heterocycles. The van der Waals surface area contributed by atoms with Crippen LogP contribution in [0.1, 0.15) is 29.5 Å². The minimum absolute atomic E-state index is 0.763. The van der Waals surface area contributed by atoms with Crippen LogP contribution in [0.5, 0.6) is 0 Å². The molecule has 0 saturated heterocycles.